The van der Waals surface area contributed by atoms with Crippen LogP contribution >= 0.6 is 15.9 Å². The van der Waals surface area contributed by atoms with Crippen molar-refractivity contribution in [2.24, 2.45) is 0 Å². The van der Waals surface area contributed by atoms with E-state index >= 15 is 0 Å². The number of ether oxygens (including phenoxy) is 2. The minimum atomic E-state index is -0.258. The summed E-state index contributed by atoms with van der Waals surface area (Å²) >= 11 is 3.41. The summed E-state index contributed by atoms with van der Waals surface area (Å²) in [5, 5.41) is 3.08. The fraction of sp³-hybridized carbons (Fsp3) is 0.417. The number of benzene rings is 1. The second-order valence-corrected chi connectivity index (χ2v) is 4.42. The largest absolute Gasteiger partial charge is 0.496 e. The first-order chi connectivity index (χ1) is 8.12. The summed E-state index contributed by atoms with van der Waals surface area (Å²) in [4.78, 5) is 11.3. The third-order valence-electron chi connectivity index (χ3n) is 2.51. The van der Waals surface area contributed by atoms with Crippen molar-refractivity contribution < 1.29 is 14.3 Å². The Kier molecular flexibility index (Phi) is 5.44. The van der Waals surface area contributed by atoms with E-state index in [9.17, 15) is 4.79 Å². The zero-order chi connectivity index (χ0) is 12.8. The minimum Gasteiger partial charge on any atom is -0.496 e. The smallest absolute Gasteiger partial charge is 0.307 e. The Morgan fingerprint density at radius 2 is 2.18 bits per heavy atom. The fourth-order valence-corrected chi connectivity index (χ4v) is 1.97. The van der Waals surface area contributed by atoms with Gasteiger partial charge in [0, 0.05) is 16.1 Å². The third-order valence-corrected chi connectivity index (χ3v) is 3.01. The topological polar surface area (TPSA) is 47.6 Å². The van der Waals surface area contributed by atoms with Crippen LogP contribution in [0.3, 0.4) is 0 Å². The highest BCUT2D eigenvalue weighted by atomic mass is 79.9. The molecule has 1 aromatic rings. The van der Waals surface area contributed by atoms with Gasteiger partial charge in [0.2, 0.25) is 0 Å². The molecule has 0 amide bonds. The van der Waals surface area contributed by atoms with E-state index in [1.165, 1.54) is 7.11 Å². The molecular formula is C12H16BrNO3. The van der Waals surface area contributed by atoms with Crippen molar-refractivity contribution in [3.63, 3.8) is 0 Å². The van der Waals surface area contributed by atoms with E-state index in [4.69, 9.17) is 4.74 Å². The maximum Gasteiger partial charge on any atom is 0.307 e. The number of methoxy groups -OCH3 is 2. The molecule has 0 aromatic heterocycles. The van der Waals surface area contributed by atoms with Crippen LogP contribution in [0.15, 0.2) is 22.7 Å². The number of esters is 1. The van der Waals surface area contributed by atoms with Gasteiger partial charge in [0.1, 0.15) is 5.75 Å². The molecule has 0 saturated heterocycles. The first-order valence-electron chi connectivity index (χ1n) is 5.20. The minimum absolute atomic E-state index is 0.130. The molecule has 0 aliphatic heterocycles. The van der Waals surface area contributed by atoms with Gasteiger partial charge in [-0.05, 0) is 25.2 Å². The summed E-state index contributed by atoms with van der Waals surface area (Å²) in [5.74, 6) is 0.489. The van der Waals surface area contributed by atoms with E-state index in [0.29, 0.717) is 0 Å². The molecule has 1 unspecified atom stereocenters. The van der Waals surface area contributed by atoms with Crippen molar-refractivity contribution in [2.45, 2.75) is 12.5 Å². The van der Waals surface area contributed by atoms with Gasteiger partial charge < -0.3 is 14.8 Å². The van der Waals surface area contributed by atoms with Crippen LogP contribution in [0.2, 0.25) is 0 Å². The lowest BCUT2D eigenvalue weighted by Gasteiger charge is -2.18. The standard InChI is InChI=1S/C12H16BrNO3/c1-14-10(7-12(15)17-3)9-6-8(13)4-5-11(9)16-2/h4-6,10,14H,7H2,1-3H3. The quantitative estimate of drug-likeness (QED) is 0.848. The van der Waals surface area contributed by atoms with Gasteiger partial charge in [-0.3, -0.25) is 4.79 Å². The Hall–Kier alpha value is -1.07. The van der Waals surface area contributed by atoms with Crippen LogP contribution in [0, 0.1) is 0 Å². The molecule has 0 saturated carbocycles. The van der Waals surface area contributed by atoms with Crippen molar-refractivity contribution in [1.29, 1.82) is 0 Å². The number of hydrogen-bond acceptors (Lipinski definition) is 4. The van der Waals surface area contributed by atoms with E-state index in [1.54, 1.807) is 14.2 Å². The zero-order valence-corrected chi connectivity index (χ0v) is 11.7. The molecule has 1 aromatic carbocycles. The van der Waals surface area contributed by atoms with Gasteiger partial charge in [0.25, 0.3) is 0 Å². The molecule has 0 heterocycles. The molecule has 1 atom stereocenters. The van der Waals surface area contributed by atoms with Crippen molar-refractivity contribution >= 4 is 21.9 Å². The highest BCUT2D eigenvalue weighted by Crippen LogP contribution is 2.30. The number of hydrogen-bond donors (Lipinski definition) is 1. The number of rotatable bonds is 5. The van der Waals surface area contributed by atoms with Crippen LogP contribution in [-0.2, 0) is 9.53 Å². The molecular weight excluding hydrogens is 286 g/mol. The third kappa shape index (κ3) is 3.71. The lowest BCUT2D eigenvalue weighted by Crippen LogP contribution is -2.21. The number of carbonyl (C=O) groups is 1. The number of nitrogens with one attached hydrogen (secondary N) is 1. The lowest BCUT2D eigenvalue weighted by molar-refractivity contribution is -0.141. The molecule has 0 bridgehead atoms. The maximum atomic E-state index is 11.3. The second kappa shape index (κ2) is 6.61. The van der Waals surface area contributed by atoms with Gasteiger partial charge in [-0.1, -0.05) is 15.9 Å². The molecule has 0 aliphatic carbocycles. The van der Waals surface area contributed by atoms with Gasteiger partial charge in [-0.15, -0.1) is 0 Å². The summed E-state index contributed by atoms with van der Waals surface area (Å²) in [6, 6.07) is 5.56. The molecule has 94 valence electrons. The number of carbonyl (C=O) groups excluding carboxylic acids is 1. The summed E-state index contributed by atoms with van der Waals surface area (Å²) in [5.41, 5.74) is 0.926. The van der Waals surface area contributed by atoms with Crippen LogP contribution < -0.4 is 10.1 Å². The van der Waals surface area contributed by atoms with Gasteiger partial charge in [0.05, 0.1) is 20.6 Å². The Morgan fingerprint density at radius 1 is 1.47 bits per heavy atom. The van der Waals surface area contributed by atoms with Crippen LogP contribution in [-0.4, -0.2) is 27.2 Å². The molecule has 5 heteroatoms. The van der Waals surface area contributed by atoms with Crippen molar-refractivity contribution in [1.82, 2.24) is 5.32 Å². The van der Waals surface area contributed by atoms with E-state index in [1.807, 2.05) is 18.2 Å². The average Bonchev–Trinajstić information content (AvgIpc) is 2.35. The molecule has 0 aliphatic rings. The van der Waals surface area contributed by atoms with Gasteiger partial charge in [0.15, 0.2) is 0 Å². The average molecular weight is 302 g/mol. The highest BCUT2D eigenvalue weighted by Gasteiger charge is 2.18. The predicted octanol–water partition coefficient (Wildman–Crippen LogP) is 2.28. The van der Waals surface area contributed by atoms with Gasteiger partial charge in [-0.25, -0.2) is 0 Å². The molecule has 4 nitrogen and oxygen atoms in total. The first-order valence-corrected chi connectivity index (χ1v) is 5.99. The maximum absolute atomic E-state index is 11.3. The Labute approximate surface area is 109 Å². The van der Waals surface area contributed by atoms with Crippen LogP contribution in [0.25, 0.3) is 0 Å². The second-order valence-electron chi connectivity index (χ2n) is 3.51. The van der Waals surface area contributed by atoms with Crippen molar-refractivity contribution in [3.8, 4) is 5.75 Å². The normalized spacial score (nSPS) is 12.0. The van der Waals surface area contributed by atoms with Crippen molar-refractivity contribution in [2.75, 3.05) is 21.3 Å². The summed E-state index contributed by atoms with van der Waals surface area (Å²) in [7, 11) is 4.79. The molecule has 0 fully saturated rings. The monoisotopic (exact) mass is 301 g/mol. The summed E-state index contributed by atoms with van der Waals surface area (Å²) in [6.45, 7) is 0. The summed E-state index contributed by atoms with van der Waals surface area (Å²) in [6.07, 6.45) is 0.264. The Balaban J connectivity index is 3.01. The van der Waals surface area contributed by atoms with E-state index in [-0.39, 0.29) is 18.4 Å². The van der Waals surface area contributed by atoms with Crippen LogP contribution in [0.5, 0.6) is 5.75 Å². The van der Waals surface area contributed by atoms with Gasteiger partial charge >= 0.3 is 5.97 Å². The van der Waals surface area contributed by atoms with Crippen LogP contribution in [0.4, 0.5) is 0 Å². The van der Waals surface area contributed by atoms with E-state index in [0.717, 1.165) is 15.8 Å². The predicted molar refractivity (Wildman–Crippen MR) is 69.1 cm³/mol. The van der Waals surface area contributed by atoms with E-state index in [2.05, 4.69) is 26.0 Å². The van der Waals surface area contributed by atoms with Gasteiger partial charge in [-0.2, -0.15) is 0 Å². The fourth-order valence-electron chi connectivity index (χ4n) is 1.60. The molecule has 17 heavy (non-hydrogen) atoms. The molecule has 0 spiro atoms. The molecule has 0 radical (unpaired) electrons. The summed E-state index contributed by atoms with van der Waals surface area (Å²) < 4.78 is 10.9. The van der Waals surface area contributed by atoms with E-state index < -0.39 is 0 Å². The first kappa shape index (κ1) is 14.0. The SMILES string of the molecule is CNC(CC(=O)OC)c1cc(Br)ccc1OC. The Morgan fingerprint density at radius 3 is 2.71 bits per heavy atom. The highest BCUT2D eigenvalue weighted by molar-refractivity contribution is 9.10. The number of halogens is 1. The Bertz CT molecular complexity index is 395. The lowest BCUT2D eigenvalue weighted by atomic mass is 10.0. The van der Waals surface area contributed by atoms with Crippen LogP contribution in [0.1, 0.15) is 18.0 Å². The molecule has 1 N–H and O–H groups in total. The zero-order valence-electron chi connectivity index (χ0n) is 10.1. The van der Waals surface area contributed by atoms with Crippen molar-refractivity contribution in [3.05, 3.63) is 28.2 Å². The molecule has 1 rings (SSSR count).